The molecule has 1 saturated heterocycles. The lowest BCUT2D eigenvalue weighted by molar-refractivity contribution is -0.384. The zero-order valence-electron chi connectivity index (χ0n) is 11.1. The minimum Gasteiger partial charge on any atom is -0.337 e. The second-order valence-corrected chi connectivity index (χ2v) is 4.80. The molecule has 1 heterocycles. The maximum atomic E-state index is 13.7. The molecule has 0 saturated carbocycles. The fraction of sp³-hybridized carbons (Fsp3) is 0.462. The molecule has 108 valence electrons. The van der Waals surface area contributed by atoms with E-state index < -0.39 is 16.6 Å². The second-order valence-electron chi connectivity index (χ2n) is 4.80. The van der Waals surface area contributed by atoms with Gasteiger partial charge in [0.1, 0.15) is 5.82 Å². The van der Waals surface area contributed by atoms with Crippen molar-refractivity contribution in [3.63, 3.8) is 0 Å². The smallest absolute Gasteiger partial charge is 0.270 e. The molecule has 1 amide bonds. The summed E-state index contributed by atoms with van der Waals surface area (Å²) in [6, 6.07) is 3.19. The average Bonchev–Trinajstić information content (AvgIpc) is 2.46. The number of benzene rings is 1. The number of hydrogen-bond donors (Lipinski definition) is 1. The van der Waals surface area contributed by atoms with Crippen molar-refractivity contribution in [3.8, 4) is 0 Å². The Bertz CT molecular complexity index is 536. The van der Waals surface area contributed by atoms with Crippen LogP contribution in [0.4, 0.5) is 10.1 Å². The third-order valence-corrected chi connectivity index (χ3v) is 3.51. The van der Waals surface area contributed by atoms with Crippen molar-refractivity contribution >= 4 is 11.6 Å². The Morgan fingerprint density at radius 1 is 1.55 bits per heavy atom. The number of piperidine rings is 1. The van der Waals surface area contributed by atoms with E-state index >= 15 is 0 Å². The van der Waals surface area contributed by atoms with Gasteiger partial charge in [-0.2, -0.15) is 0 Å². The summed E-state index contributed by atoms with van der Waals surface area (Å²) >= 11 is 0. The van der Waals surface area contributed by atoms with Crippen LogP contribution in [0.1, 0.15) is 23.2 Å². The lowest BCUT2D eigenvalue weighted by atomic mass is 10.0. The molecule has 1 aliphatic heterocycles. The van der Waals surface area contributed by atoms with E-state index in [2.05, 4.69) is 5.32 Å². The normalized spacial score (nSPS) is 18.9. The van der Waals surface area contributed by atoms with E-state index in [9.17, 15) is 19.3 Å². The molecule has 1 atom stereocenters. The van der Waals surface area contributed by atoms with E-state index in [0.29, 0.717) is 13.1 Å². The molecule has 0 aliphatic carbocycles. The van der Waals surface area contributed by atoms with Gasteiger partial charge in [0, 0.05) is 31.3 Å². The highest BCUT2D eigenvalue weighted by Gasteiger charge is 2.26. The number of carbonyl (C=O) groups is 1. The first kappa shape index (κ1) is 14.4. The Morgan fingerprint density at radius 2 is 2.30 bits per heavy atom. The van der Waals surface area contributed by atoms with Gasteiger partial charge in [-0.25, -0.2) is 4.39 Å². The highest BCUT2D eigenvalue weighted by atomic mass is 19.1. The van der Waals surface area contributed by atoms with Crippen LogP contribution >= 0.6 is 0 Å². The van der Waals surface area contributed by atoms with Crippen LogP contribution in [-0.2, 0) is 0 Å². The molecule has 20 heavy (non-hydrogen) atoms. The van der Waals surface area contributed by atoms with Crippen LogP contribution in [0.2, 0.25) is 0 Å². The Hall–Kier alpha value is -2.02. The van der Waals surface area contributed by atoms with Crippen molar-refractivity contribution in [3.05, 3.63) is 39.7 Å². The van der Waals surface area contributed by atoms with Crippen LogP contribution in [0, 0.1) is 15.9 Å². The number of hydrogen-bond acceptors (Lipinski definition) is 4. The first-order chi connectivity index (χ1) is 9.52. The number of likely N-dealkylation sites (N-methyl/N-ethyl adjacent to an activating group) is 1. The van der Waals surface area contributed by atoms with Crippen molar-refractivity contribution in [2.24, 2.45) is 0 Å². The van der Waals surface area contributed by atoms with Crippen molar-refractivity contribution in [2.45, 2.75) is 18.9 Å². The van der Waals surface area contributed by atoms with E-state index in [1.165, 1.54) is 4.90 Å². The first-order valence-corrected chi connectivity index (χ1v) is 6.43. The van der Waals surface area contributed by atoms with E-state index in [1.807, 2.05) is 7.05 Å². The summed E-state index contributed by atoms with van der Waals surface area (Å²) in [7, 11) is 1.81. The number of nitro benzene ring substituents is 1. The molecule has 7 heteroatoms. The molecule has 0 spiro atoms. The van der Waals surface area contributed by atoms with Gasteiger partial charge in [-0.05, 0) is 26.0 Å². The number of nitro groups is 1. The molecule has 0 radical (unpaired) electrons. The molecular weight excluding hydrogens is 265 g/mol. The molecule has 0 aromatic heterocycles. The zero-order valence-corrected chi connectivity index (χ0v) is 11.1. The standard InChI is InChI=1S/C13H16FN3O3/c1-15-9-3-2-6-16(8-9)13(18)11-7-10(17(19)20)4-5-12(11)14/h4-5,7,9,15H,2-3,6,8H2,1H3. The minimum atomic E-state index is -0.729. The van der Waals surface area contributed by atoms with Crippen molar-refractivity contribution in [2.75, 3.05) is 20.1 Å². The van der Waals surface area contributed by atoms with Crippen molar-refractivity contribution < 1.29 is 14.1 Å². The molecule has 1 aliphatic rings. The van der Waals surface area contributed by atoms with E-state index in [4.69, 9.17) is 0 Å². The summed E-state index contributed by atoms with van der Waals surface area (Å²) in [6.07, 6.45) is 1.78. The van der Waals surface area contributed by atoms with Crippen LogP contribution in [0.3, 0.4) is 0 Å². The SMILES string of the molecule is CNC1CCCN(C(=O)c2cc([N+](=O)[O-])ccc2F)C1. The molecule has 1 aromatic rings. The topological polar surface area (TPSA) is 75.5 Å². The number of rotatable bonds is 3. The lowest BCUT2D eigenvalue weighted by Crippen LogP contribution is -2.47. The highest BCUT2D eigenvalue weighted by molar-refractivity contribution is 5.95. The monoisotopic (exact) mass is 281 g/mol. The van der Waals surface area contributed by atoms with Gasteiger partial charge < -0.3 is 10.2 Å². The van der Waals surface area contributed by atoms with Gasteiger partial charge in [-0.3, -0.25) is 14.9 Å². The van der Waals surface area contributed by atoms with Gasteiger partial charge in [0.15, 0.2) is 0 Å². The molecule has 1 unspecified atom stereocenters. The van der Waals surface area contributed by atoms with Crippen molar-refractivity contribution in [1.29, 1.82) is 0 Å². The maximum absolute atomic E-state index is 13.7. The summed E-state index contributed by atoms with van der Waals surface area (Å²) in [5.41, 5.74) is -0.520. The number of nitrogens with zero attached hydrogens (tertiary/aromatic N) is 2. The molecule has 6 nitrogen and oxygen atoms in total. The first-order valence-electron chi connectivity index (χ1n) is 6.43. The van der Waals surface area contributed by atoms with Gasteiger partial charge >= 0.3 is 0 Å². The van der Waals surface area contributed by atoms with Gasteiger partial charge in [-0.1, -0.05) is 0 Å². The van der Waals surface area contributed by atoms with Gasteiger partial charge in [0.25, 0.3) is 11.6 Å². The predicted molar refractivity (Wildman–Crippen MR) is 71.0 cm³/mol. The summed E-state index contributed by atoms with van der Waals surface area (Å²) < 4.78 is 13.7. The maximum Gasteiger partial charge on any atom is 0.270 e. The molecule has 0 bridgehead atoms. The van der Waals surface area contributed by atoms with Crippen LogP contribution in [0.15, 0.2) is 18.2 Å². The fourth-order valence-corrected chi connectivity index (χ4v) is 2.36. The largest absolute Gasteiger partial charge is 0.337 e. The van der Waals surface area contributed by atoms with E-state index in [0.717, 1.165) is 31.0 Å². The molecule has 1 aromatic carbocycles. The number of halogens is 1. The number of nitrogens with one attached hydrogen (secondary N) is 1. The molecule has 1 fully saturated rings. The van der Waals surface area contributed by atoms with Crippen LogP contribution in [0.5, 0.6) is 0 Å². The third-order valence-electron chi connectivity index (χ3n) is 3.51. The Morgan fingerprint density at radius 3 is 2.95 bits per heavy atom. The third kappa shape index (κ3) is 2.93. The fourth-order valence-electron chi connectivity index (χ4n) is 2.36. The van der Waals surface area contributed by atoms with Crippen LogP contribution < -0.4 is 5.32 Å². The Balaban J connectivity index is 2.24. The van der Waals surface area contributed by atoms with E-state index in [1.54, 1.807) is 0 Å². The zero-order chi connectivity index (χ0) is 14.7. The predicted octanol–water partition coefficient (Wildman–Crippen LogP) is 1.56. The van der Waals surface area contributed by atoms with Crippen LogP contribution in [-0.4, -0.2) is 41.9 Å². The summed E-state index contributed by atoms with van der Waals surface area (Å²) in [5, 5.41) is 13.8. The number of likely N-dealkylation sites (tertiary alicyclic amines) is 1. The van der Waals surface area contributed by atoms with E-state index in [-0.39, 0.29) is 17.3 Å². The Kier molecular flexibility index (Phi) is 4.29. The summed E-state index contributed by atoms with van der Waals surface area (Å²) in [5.74, 6) is -1.22. The quantitative estimate of drug-likeness (QED) is 0.674. The highest BCUT2D eigenvalue weighted by Crippen LogP contribution is 2.20. The number of non-ortho nitro benzene ring substituents is 1. The lowest BCUT2D eigenvalue weighted by Gasteiger charge is -2.32. The van der Waals surface area contributed by atoms with Gasteiger partial charge in [-0.15, -0.1) is 0 Å². The molecular formula is C13H16FN3O3. The average molecular weight is 281 g/mol. The second kappa shape index (κ2) is 5.96. The minimum absolute atomic E-state index is 0.175. The van der Waals surface area contributed by atoms with Crippen LogP contribution in [0.25, 0.3) is 0 Å². The van der Waals surface area contributed by atoms with Crippen molar-refractivity contribution in [1.82, 2.24) is 10.2 Å². The molecule has 2 rings (SSSR count). The summed E-state index contributed by atoms with van der Waals surface area (Å²) in [4.78, 5) is 23.9. The molecule has 1 N–H and O–H groups in total. The number of amides is 1. The number of carbonyl (C=O) groups excluding carboxylic acids is 1. The Labute approximate surface area is 115 Å². The van der Waals surface area contributed by atoms with Gasteiger partial charge in [0.2, 0.25) is 0 Å². The van der Waals surface area contributed by atoms with Gasteiger partial charge in [0.05, 0.1) is 10.5 Å². The summed E-state index contributed by atoms with van der Waals surface area (Å²) in [6.45, 7) is 1.02.